The van der Waals surface area contributed by atoms with Crippen molar-refractivity contribution in [3.05, 3.63) is 29.3 Å². The molecule has 1 aromatic rings. The van der Waals surface area contributed by atoms with Gasteiger partial charge >= 0.3 is 5.97 Å². The van der Waals surface area contributed by atoms with E-state index in [1.807, 2.05) is 12.1 Å². The minimum Gasteiger partial charge on any atom is -0.424 e. The summed E-state index contributed by atoms with van der Waals surface area (Å²) >= 11 is 4.37. The molecule has 0 N–H and O–H groups in total. The fourth-order valence-electron chi connectivity index (χ4n) is 1.08. The zero-order chi connectivity index (χ0) is 13.4. The Bertz CT molecular complexity index is 520. The molecule has 18 heavy (non-hydrogen) atoms. The highest BCUT2D eigenvalue weighted by molar-refractivity contribution is 7.95. The molecule has 0 amide bonds. The van der Waals surface area contributed by atoms with Gasteiger partial charge in [0.15, 0.2) is 5.75 Å². The number of carbonyl (C=O) groups is 1. The quantitative estimate of drug-likeness (QED) is 0.506. The molecule has 0 radical (unpaired) electrons. The molecule has 0 fully saturated rings. The van der Waals surface area contributed by atoms with E-state index in [-0.39, 0.29) is 17.5 Å². The lowest BCUT2D eigenvalue weighted by Gasteiger charge is -2.05. The molecule has 0 unspecified atom stereocenters. The van der Waals surface area contributed by atoms with Crippen molar-refractivity contribution in [3.63, 3.8) is 0 Å². The summed E-state index contributed by atoms with van der Waals surface area (Å²) in [4.78, 5) is 10.8. The predicted molar refractivity (Wildman–Crippen MR) is 68.7 cm³/mol. The first-order valence-electron chi connectivity index (χ1n) is 4.80. The molecule has 1 rings (SSSR count). The largest absolute Gasteiger partial charge is 0.424 e. The van der Waals surface area contributed by atoms with Crippen molar-refractivity contribution in [1.82, 2.24) is 0 Å². The number of nitriles is 2. The zero-order valence-corrected chi connectivity index (χ0v) is 10.8. The van der Waals surface area contributed by atoms with Crippen LogP contribution in [0.15, 0.2) is 18.2 Å². The van der Waals surface area contributed by atoms with Gasteiger partial charge in [0.2, 0.25) is 0 Å². The van der Waals surface area contributed by atoms with Gasteiger partial charge in [-0.1, -0.05) is 6.07 Å². The average Bonchev–Trinajstić information content (AvgIpc) is 2.42. The number of benzene rings is 1. The van der Waals surface area contributed by atoms with Gasteiger partial charge in [-0.3, -0.25) is 4.79 Å². The maximum Gasteiger partial charge on any atom is 0.318 e. The number of hydrogen-bond donors (Lipinski definition) is 1. The van der Waals surface area contributed by atoms with E-state index in [0.29, 0.717) is 11.5 Å². The van der Waals surface area contributed by atoms with Gasteiger partial charge in [0.05, 0.1) is 24.0 Å². The van der Waals surface area contributed by atoms with Gasteiger partial charge in [0, 0.05) is 18.7 Å². The van der Waals surface area contributed by atoms with Gasteiger partial charge in [-0.15, -0.1) is 0 Å². The number of rotatable bonds is 5. The van der Waals surface area contributed by atoms with Crippen molar-refractivity contribution < 1.29 is 13.2 Å². The topological polar surface area (TPSA) is 83.1 Å². The molecule has 92 valence electrons. The van der Waals surface area contributed by atoms with Crippen molar-refractivity contribution in [2.75, 3.05) is 5.75 Å². The average molecular weight is 280 g/mol. The van der Waals surface area contributed by atoms with E-state index < -0.39 is 5.97 Å². The van der Waals surface area contributed by atoms with Crippen LogP contribution in [0.1, 0.15) is 17.5 Å². The smallest absolute Gasteiger partial charge is 0.318 e. The Labute approximate surface area is 114 Å². The molecule has 0 aromatic heterocycles. The summed E-state index contributed by atoms with van der Waals surface area (Å²) in [5.74, 6) is 0.211. The van der Waals surface area contributed by atoms with Crippen LogP contribution in [-0.4, -0.2) is 11.7 Å². The van der Waals surface area contributed by atoms with Crippen molar-refractivity contribution >= 4 is 30.9 Å². The molecule has 0 heterocycles. The summed E-state index contributed by atoms with van der Waals surface area (Å²) < 4.78 is 9.45. The molecule has 0 atom stereocenters. The van der Waals surface area contributed by atoms with E-state index in [0.717, 1.165) is 12.0 Å². The normalized spacial score (nSPS) is 9.06. The first kappa shape index (κ1) is 14.2. The van der Waals surface area contributed by atoms with E-state index in [2.05, 4.69) is 17.1 Å². The van der Waals surface area contributed by atoms with Crippen LogP contribution in [0.3, 0.4) is 0 Å². The summed E-state index contributed by atoms with van der Waals surface area (Å²) in [7, 11) is 0. The van der Waals surface area contributed by atoms with Crippen LogP contribution >= 0.6 is 25.0 Å². The van der Waals surface area contributed by atoms with Gasteiger partial charge in [0.25, 0.3) is 0 Å². The number of nitrogens with zero attached hydrogens (tertiary/aromatic N) is 2. The predicted octanol–water partition coefficient (Wildman–Crippen LogP) is 2.24. The highest BCUT2D eigenvalue weighted by atomic mass is 32.2. The van der Waals surface area contributed by atoms with Crippen molar-refractivity contribution in [1.29, 1.82) is 10.5 Å². The molecule has 5 nitrogen and oxygen atoms in total. The second-order valence-electron chi connectivity index (χ2n) is 3.02. The van der Waals surface area contributed by atoms with Crippen molar-refractivity contribution in [2.45, 2.75) is 6.42 Å². The highest BCUT2D eigenvalue weighted by Gasteiger charge is 2.09. The van der Waals surface area contributed by atoms with Gasteiger partial charge < -0.3 is 8.37 Å². The Morgan fingerprint density at radius 2 is 2.17 bits per heavy atom. The van der Waals surface area contributed by atoms with E-state index in [4.69, 9.17) is 14.7 Å². The third kappa shape index (κ3) is 3.88. The zero-order valence-electron chi connectivity index (χ0n) is 9.12. The maximum absolute atomic E-state index is 10.8. The van der Waals surface area contributed by atoms with Crippen molar-refractivity contribution in [2.24, 2.45) is 0 Å². The van der Waals surface area contributed by atoms with Crippen LogP contribution < -0.4 is 4.18 Å². The Morgan fingerprint density at radius 3 is 2.78 bits per heavy atom. The molecule has 0 saturated heterocycles. The summed E-state index contributed by atoms with van der Waals surface area (Å²) in [5, 5.41) is 17.8. The highest BCUT2D eigenvalue weighted by Crippen LogP contribution is 2.24. The molecular weight excluding hydrogens is 272 g/mol. The maximum atomic E-state index is 10.8. The monoisotopic (exact) mass is 280 g/mol. The van der Waals surface area contributed by atoms with Crippen LogP contribution in [0.4, 0.5) is 0 Å². The molecule has 7 heteroatoms. The molecule has 0 aliphatic carbocycles. The summed E-state index contributed by atoms with van der Waals surface area (Å²) in [6, 6.07) is 8.56. The summed E-state index contributed by atoms with van der Waals surface area (Å²) in [6.07, 6.45) is 0.147. The minimum atomic E-state index is -0.458. The number of hydrogen-bond acceptors (Lipinski definition) is 7. The van der Waals surface area contributed by atoms with E-state index in [1.54, 1.807) is 12.1 Å². The second kappa shape index (κ2) is 7.49. The third-order valence-corrected chi connectivity index (χ3v) is 2.77. The molecule has 0 saturated carbocycles. The van der Waals surface area contributed by atoms with Crippen LogP contribution in [0.5, 0.6) is 5.75 Å². The Kier molecular flexibility index (Phi) is 5.92. The van der Waals surface area contributed by atoms with Gasteiger partial charge in [-0.25, -0.2) is 0 Å². The fourth-order valence-corrected chi connectivity index (χ4v) is 1.78. The van der Waals surface area contributed by atoms with Gasteiger partial charge in [0.1, 0.15) is 17.7 Å². The van der Waals surface area contributed by atoms with E-state index in [9.17, 15) is 4.79 Å². The Morgan fingerprint density at radius 1 is 1.39 bits per heavy atom. The molecule has 0 spiro atoms. The first-order valence-corrected chi connectivity index (χ1v) is 6.07. The molecule has 0 aliphatic heterocycles. The standard InChI is InChI=1S/C11H8N2O3S2/c12-6-8-2-1-3-10(9(8)7-13)16-18-5-4-11(14)15-17/h1-3,17H,4-5H2. The lowest BCUT2D eigenvalue weighted by atomic mass is 10.1. The van der Waals surface area contributed by atoms with Gasteiger partial charge in [-0.2, -0.15) is 10.5 Å². The number of thiol groups is 1. The van der Waals surface area contributed by atoms with E-state index >= 15 is 0 Å². The van der Waals surface area contributed by atoms with Crippen LogP contribution in [0, 0.1) is 22.7 Å². The number of carbonyl (C=O) groups excluding carboxylic acids is 1. The minimum absolute atomic E-state index is 0.147. The third-order valence-electron chi connectivity index (χ3n) is 1.90. The van der Waals surface area contributed by atoms with E-state index in [1.165, 1.54) is 6.07 Å². The second-order valence-corrected chi connectivity index (χ2v) is 4.01. The van der Waals surface area contributed by atoms with Crippen LogP contribution in [0.2, 0.25) is 0 Å². The summed E-state index contributed by atoms with van der Waals surface area (Å²) in [5.41, 5.74) is 0.439. The molecule has 0 aliphatic rings. The Hall–Kier alpha value is -1.83. The van der Waals surface area contributed by atoms with Crippen LogP contribution in [0.25, 0.3) is 0 Å². The SMILES string of the molecule is N#Cc1cccc(OSCCC(=O)OS)c1C#N. The van der Waals surface area contributed by atoms with Crippen molar-refractivity contribution in [3.8, 4) is 17.9 Å². The fraction of sp³-hybridized carbons (Fsp3) is 0.182. The molecule has 0 bridgehead atoms. The lowest BCUT2D eigenvalue weighted by Crippen LogP contribution is -1.99. The summed E-state index contributed by atoms with van der Waals surface area (Å²) in [6.45, 7) is 0. The molecule has 1 aromatic carbocycles. The van der Waals surface area contributed by atoms with Crippen LogP contribution in [-0.2, 0) is 8.98 Å². The molecular formula is C11H8N2O3S2. The van der Waals surface area contributed by atoms with Gasteiger partial charge in [-0.05, 0) is 12.1 Å². The Balaban J connectivity index is 2.61. The first-order chi connectivity index (χ1) is 8.72. The lowest BCUT2D eigenvalue weighted by molar-refractivity contribution is -0.132.